The zero-order valence-corrected chi connectivity index (χ0v) is 20.5. The van der Waals surface area contributed by atoms with Crippen LogP contribution in [0.2, 0.25) is 0 Å². The van der Waals surface area contributed by atoms with E-state index in [9.17, 15) is 14.4 Å². The predicted octanol–water partition coefficient (Wildman–Crippen LogP) is 5.47. The van der Waals surface area contributed by atoms with E-state index in [0.29, 0.717) is 25.0 Å². The van der Waals surface area contributed by atoms with E-state index in [4.69, 9.17) is 19.2 Å². The van der Waals surface area contributed by atoms with Gasteiger partial charge in [-0.05, 0) is 55.0 Å². The van der Waals surface area contributed by atoms with Crippen molar-refractivity contribution in [1.29, 1.82) is 0 Å². The van der Waals surface area contributed by atoms with E-state index in [1.165, 1.54) is 18.2 Å². The Hall–Kier alpha value is -3.03. The van der Waals surface area contributed by atoms with Crippen LogP contribution in [0.4, 0.5) is 0 Å². The first-order chi connectivity index (χ1) is 16.5. The van der Waals surface area contributed by atoms with Crippen molar-refractivity contribution in [2.75, 3.05) is 19.8 Å². The third-order valence-corrected chi connectivity index (χ3v) is 5.03. The smallest absolute Gasteiger partial charge is 0.339 e. The van der Waals surface area contributed by atoms with Crippen LogP contribution in [0.3, 0.4) is 0 Å². The molecule has 0 aliphatic heterocycles. The minimum Gasteiger partial charge on any atom is -0.462 e. The van der Waals surface area contributed by atoms with Crippen molar-refractivity contribution in [3.05, 3.63) is 69.8 Å². The molecule has 0 aliphatic carbocycles. The van der Waals surface area contributed by atoms with E-state index in [1.807, 2.05) is 33.8 Å². The van der Waals surface area contributed by atoms with Crippen LogP contribution < -0.4 is 0 Å². The van der Waals surface area contributed by atoms with Crippen LogP contribution in [-0.2, 0) is 32.3 Å². The van der Waals surface area contributed by atoms with Crippen molar-refractivity contribution in [3.8, 4) is 0 Å². The van der Waals surface area contributed by atoms with Gasteiger partial charge in [0, 0.05) is 11.1 Å². The fourth-order valence-corrected chi connectivity index (χ4v) is 3.24. The number of hydrogen-bond donors (Lipinski definition) is 0. The molecule has 0 N–H and O–H groups in total. The molecule has 0 saturated heterocycles. The Bertz CT molecular complexity index is 981. The summed E-state index contributed by atoms with van der Waals surface area (Å²) in [5.41, 5.74) is 2.72. The SMILES string of the molecule is CCCOOCc1cc(C(=O)c2ccc(C(=O)OCCC)c(C(=O)OCCC)c2)ccc1CC. The molecule has 0 aromatic heterocycles. The largest absolute Gasteiger partial charge is 0.462 e. The molecule has 0 heterocycles. The lowest BCUT2D eigenvalue weighted by atomic mass is 9.95. The molecule has 34 heavy (non-hydrogen) atoms. The van der Waals surface area contributed by atoms with Crippen molar-refractivity contribution >= 4 is 17.7 Å². The summed E-state index contributed by atoms with van der Waals surface area (Å²) in [7, 11) is 0. The van der Waals surface area contributed by atoms with Gasteiger partial charge < -0.3 is 9.47 Å². The highest BCUT2D eigenvalue weighted by atomic mass is 17.2. The molecule has 0 bridgehead atoms. The van der Waals surface area contributed by atoms with Gasteiger partial charge in [0.1, 0.15) is 6.61 Å². The van der Waals surface area contributed by atoms with Gasteiger partial charge in [-0.15, -0.1) is 0 Å². The molecule has 0 saturated carbocycles. The van der Waals surface area contributed by atoms with E-state index in [1.54, 1.807) is 12.1 Å². The van der Waals surface area contributed by atoms with Gasteiger partial charge in [-0.25, -0.2) is 19.4 Å². The zero-order chi connectivity index (χ0) is 24.9. The van der Waals surface area contributed by atoms with Gasteiger partial charge in [0.2, 0.25) is 0 Å². The number of aryl methyl sites for hydroxylation is 1. The summed E-state index contributed by atoms with van der Waals surface area (Å²) in [6.45, 7) is 8.93. The number of hydrogen-bond acceptors (Lipinski definition) is 7. The van der Waals surface area contributed by atoms with Gasteiger partial charge in [-0.1, -0.05) is 45.9 Å². The third-order valence-electron chi connectivity index (χ3n) is 5.03. The lowest BCUT2D eigenvalue weighted by Gasteiger charge is -2.13. The molecular formula is C27H34O7. The second kappa shape index (κ2) is 14.3. The van der Waals surface area contributed by atoms with E-state index < -0.39 is 11.9 Å². The molecule has 2 aromatic carbocycles. The maximum Gasteiger partial charge on any atom is 0.339 e. The summed E-state index contributed by atoms with van der Waals surface area (Å²) >= 11 is 0. The molecule has 2 rings (SSSR count). The first-order valence-corrected chi connectivity index (χ1v) is 11.9. The van der Waals surface area contributed by atoms with Crippen molar-refractivity contribution in [1.82, 2.24) is 0 Å². The first-order valence-electron chi connectivity index (χ1n) is 11.9. The number of rotatable bonds is 14. The Kier molecular flexibility index (Phi) is 11.4. The zero-order valence-electron chi connectivity index (χ0n) is 20.5. The van der Waals surface area contributed by atoms with E-state index >= 15 is 0 Å². The molecular weight excluding hydrogens is 436 g/mol. The van der Waals surface area contributed by atoms with Crippen molar-refractivity contribution in [3.63, 3.8) is 0 Å². The van der Waals surface area contributed by atoms with Gasteiger partial charge >= 0.3 is 11.9 Å². The van der Waals surface area contributed by atoms with Crippen LogP contribution in [0.1, 0.15) is 94.7 Å². The highest BCUT2D eigenvalue weighted by Crippen LogP contribution is 2.21. The third kappa shape index (κ3) is 7.50. The standard InChI is InChI=1S/C27H34O7/c1-5-13-31-26(29)23-12-11-21(17-24(23)27(30)32-14-6-2)25(28)20-10-9-19(8-4)22(16-20)18-34-33-15-7-3/h9-12,16-17H,5-8,13-15,18H2,1-4H3. The van der Waals surface area contributed by atoms with Crippen LogP contribution in [0.5, 0.6) is 0 Å². The Labute approximate surface area is 201 Å². The summed E-state index contributed by atoms with van der Waals surface area (Å²) in [6.07, 6.45) is 2.91. The number of carbonyl (C=O) groups excluding carboxylic acids is 3. The molecule has 7 nitrogen and oxygen atoms in total. The van der Waals surface area contributed by atoms with E-state index in [0.717, 1.165) is 24.0 Å². The molecule has 7 heteroatoms. The number of esters is 2. The Morgan fingerprint density at radius 3 is 1.85 bits per heavy atom. The quantitative estimate of drug-likeness (QED) is 0.119. The molecule has 0 spiro atoms. The second-order valence-corrected chi connectivity index (χ2v) is 7.78. The fraction of sp³-hybridized carbons (Fsp3) is 0.444. The molecule has 184 valence electrons. The lowest BCUT2D eigenvalue weighted by Crippen LogP contribution is -2.16. The molecule has 0 atom stereocenters. The van der Waals surface area contributed by atoms with Gasteiger partial charge in [-0.3, -0.25) is 4.79 Å². The second-order valence-electron chi connectivity index (χ2n) is 7.78. The van der Waals surface area contributed by atoms with Gasteiger partial charge in [0.15, 0.2) is 5.78 Å². The van der Waals surface area contributed by atoms with E-state index in [2.05, 4.69) is 0 Å². The molecule has 0 fully saturated rings. The lowest BCUT2D eigenvalue weighted by molar-refractivity contribution is -0.303. The normalized spacial score (nSPS) is 10.7. The average molecular weight is 471 g/mol. The highest BCUT2D eigenvalue weighted by molar-refractivity contribution is 6.12. The van der Waals surface area contributed by atoms with Crippen molar-refractivity contribution < 1.29 is 33.6 Å². The van der Waals surface area contributed by atoms with Gasteiger partial charge in [-0.2, -0.15) is 0 Å². The summed E-state index contributed by atoms with van der Waals surface area (Å²) in [5.74, 6) is -1.57. The van der Waals surface area contributed by atoms with Crippen molar-refractivity contribution in [2.24, 2.45) is 0 Å². The molecule has 2 aromatic rings. The van der Waals surface area contributed by atoms with Gasteiger partial charge in [0.25, 0.3) is 0 Å². The topological polar surface area (TPSA) is 88.1 Å². The van der Waals surface area contributed by atoms with Crippen LogP contribution in [-0.4, -0.2) is 37.5 Å². The molecule has 0 radical (unpaired) electrons. The van der Waals surface area contributed by atoms with Crippen LogP contribution in [0.15, 0.2) is 36.4 Å². The number of benzene rings is 2. The summed E-state index contributed by atoms with van der Waals surface area (Å²) in [4.78, 5) is 48.8. The minimum atomic E-state index is -0.663. The number of ketones is 1. The maximum atomic E-state index is 13.3. The summed E-state index contributed by atoms with van der Waals surface area (Å²) in [5, 5.41) is 0. The Balaban J connectivity index is 2.37. The maximum absolute atomic E-state index is 13.3. The number of ether oxygens (including phenoxy) is 2. The van der Waals surface area contributed by atoms with Crippen LogP contribution in [0.25, 0.3) is 0 Å². The predicted molar refractivity (Wildman–Crippen MR) is 128 cm³/mol. The fourth-order valence-electron chi connectivity index (χ4n) is 3.24. The van der Waals surface area contributed by atoms with Crippen LogP contribution >= 0.6 is 0 Å². The van der Waals surface area contributed by atoms with Gasteiger partial charge in [0.05, 0.1) is 30.9 Å². The Morgan fingerprint density at radius 1 is 0.647 bits per heavy atom. The summed E-state index contributed by atoms with van der Waals surface area (Å²) in [6, 6.07) is 9.77. The number of carbonyl (C=O) groups is 3. The Morgan fingerprint density at radius 2 is 1.24 bits per heavy atom. The first kappa shape index (κ1) is 27.2. The molecule has 0 unspecified atom stereocenters. The van der Waals surface area contributed by atoms with Crippen molar-refractivity contribution in [2.45, 2.75) is 60.0 Å². The molecule has 0 amide bonds. The average Bonchev–Trinajstić information content (AvgIpc) is 2.87. The van der Waals surface area contributed by atoms with E-state index in [-0.39, 0.29) is 42.3 Å². The highest BCUT2D eigenvalue weighted by Gasteiger charge is 2.22. The molecule has 0 aliphatic rings. The minimum absolute atomic E-state index is 0.0158. The van der Waals surface area contributed by atoms with Crippen LogP contribution in [0, 0.1) is 0 Å². The summed E-state index contributed by atoms with van der Waals surface area (Å²) < 4.78 is 10.4. The monoisotopic (exact) mass is 470 g/mol.